The van der Waals surface area contributed by atoms with Crippen LogP contribution in [0.3, 0.4) is 0 Å². The summed E-state index contributed by atoms with van der Waals surface area (Å²) in [6, 6.07) is 5.29. The van der Waals surface area contributed by atoms with Gasteiger partial charge < -0.3 is 11.1 Å². The van der Waals surface area contributed by atoms with E-state index in [9.17, 15) is 13.2 Å². The molecule has 0 saturated heterocycles. The Morgan fingerprint density at radius 3 is 2.42 bits per heavy atom. The van der Waals surface area contributed by atoms with Gasteiger partial charge in [-0.25, -0.2) is 8.42 Å². The predicted octanol–water partition coefficient (Wildman–Crippen LogP) is 2.67. The van der Waals surface area contributed by atoms with Crippen LogP contribution in [0.1, 0.15) is 49.7 Å². The van der Waals surface area contributed by atoms with Crippen LogP contribution in [0.5, 0.6) is 0 Å². The van der Waals surface area contributed by atoms with Gasteiger partial charge in [-0.1, -0.05) is 25.0 Å². The van der Waals surface area contributed by atoms with E-state index in [1.165, 1.54) is 0 Å². The molecule has 1 aromatic carbocycles. The number of halogens is 1. The van der Waals surface area contributed by atoms with Crippen molar-refractivity contribution in [3.05, 3.63) is 29.3 Å². The molecule has 1 unspecified atom stereocenters. The number of rotatable bonds is 6. The number of sulfone groups is 1. The molecule has 1 aromatic rings. The number of benzene rings is 1. The van der Waals surface area contributed by atoms with Crippen LogP contribution in [0, 0.1) is 19.8 Å². The average molecular weight is 401 g/mol. The minimum Gasteiger partial charge on any atom is -0.350 e. The zero-order valence-electron chi connectivity index (χ0n) is 15.5. The minimum atomic E-state index is -3.76. The predicted molar refractivity (Wildman–Crippen MR) is 105 cm³/mol. The molecule has 2 aliphatic carbocycles. The Bertz CT molecular complexity index is 769. The van der Waals surface area contributed by atoms with Gasteiger partial charge in [0.25, 0.3) is 0 Å². The second-order valence-electron chi connectivity index (χ2n) is 7.63. The number of aryl methyl sites for hydroxylation is 2. The summed E-state index contributed by atoms with van der Waals surface area (Å²) in [5.41, 5.74) is 7.39. The maximum absolute atomic E-state index is 13.5. The molecule has 2 fully saturated rings. The van der Waals surface area contributed by atoms with Crippen LogP contribution in [0.4, 0.5) is 0 Å². The third-order valence-electron chi connectivity index (χ3n) is 5.73. The van der Waals surface area contributed by atoms with Gasteiger partial charge in [-0.15, -0.1) is 12.4 Å². The Labute approximate surface area is 162 Å². The lowest BCUT2D eigenvalue weighted by Gasteiger charge is -2.30. The largest absolute Gasteiger partial charge is 0.350 e. The smallest absolute Gasteiger partial charge is 0.242 e. The van der Waals surface area contributed by atoms with Crippen LogP contribution in [0.25, 0.3) is 0 Å². The highest BCUT2D eigenvalue weighted by atomic mass is 35.5. The van der Waals surface area contributed by atoms with E-state index in [0.717, 1.165) is 31.2 Å². The lowest BCUT2D eigenvalue weighted by atomic mass is 10.0. The molecule has 7 heteroatoms. The number of hydrogen-bond acceptors (Lipinski definition) is 4. The Kier molecular flexibility index (Phi) is 6.41. The molecule has 1 atom stereocenters. The highest BCUT2D eigenvalue weighted by molar-refractivity contribution is 7.93. The molecular weight excluding hydrogens is 372 g/mol. The van der Waals surface area contributed by atoms with Gasteiger partial charge in [0.2, 0.25) is 5.91 Å². The zero-order valence-corrected chi connectivity index (χ0v) is 17.1. The monoisotopic (exact) mass is 400 g/mol. The van der Waals surface area contributed by atoms with Gasteiger partial charge in [0, 0.05) is 12.6 Å². The molecule has 0 radical (unpaired) electrons. The van der Waals surface area contributed by atoms with Gasteiger partial charge in [-0.3, -0.25) is 4.79 Å². The summed E-state index contributed by atoms with van der Waals surface area (Å²) in [4.78, 5) is 13.4. The van der Waals surface area contributed by atoms with Crippen LogP contribution >= 0.6 is 12.4 Å². The summed E-state index contributed by atoms with van der Waals surface area (Å²) in [7, 11) is -3.76. The van der Waals surface area contributed by atoms with Gasteiger partial charge >= 0.3 is 0 Å². The summed E-state index contributed by atoms with van der Waals surface area (Å²) >= 11 is 0. The van der Waals surface area contributed by atoms with E-state index in [2.05, 4.69) is 5.32 Å². The number of nitrogens with two attached hydrogens (primary N) is 1. The fraction of sp³-hybridized carbons (Fsp3) is 0.632. The normalized spacial score (nSPS) is 20.3. The zero-order chi connectivity index (χ0) is 18.2. The van der Waals surface area contributed by atoms with Crippen molar-refractivity contribution in [3.63, 3.8) is 0 Å². The number of amides is 1. The number of carbonyl (C=O) groups is 1. The molecule has 26 heavy (non-hydrogen) atoms. The fourth-order valence-electron chi connectivity index (χ4n) is 3.94. The lowest BCUT2D eigenvalue weighted by molar-refractivity contribution is -0.124. The van der Waals surface area contributed by atoms with Crippen molar-refractivity contribution in [2.45, 2.75) is 68.1 Å². The van der Waals surface area contributed by atoms with E-state index in [1.54, 1.807) is 13.0 Å². The molecule has 0 spiro atoms. The summed E-state index contributed by atoms with van der Waals surface area (Å²) in [5, 5.41) is 2.98. The van der Waals surface area contributed by atoms with E-state index in [0.29, 0.717) is 35.8 Å². The molecule has 1 amide bonds. The van der Waals surface area contributed by atoms with Crippen LogP contribution < -0.4 is 11.1 Å². The molecule has 2 saturated carbocycles. The maximum atomic E-state index is 13.5. The summed E-state index contributed by atoms with van der Waals surface area (Å²) < 4.78 is 25.7. The van der Waals surface area contributed by atoms with Crippen molar-refractivity contribution >= 4 is 28.2 Å². The van der Waals surface area contributed by atoms with Gasteiger partial charge in [-0.05, 0) is 62.6 Å². The average Bonchev–Trinajstić information content (AvgIpc) is 3.29. The number of carbonyl (C=O) groups excluding carboxylic acids is 1. The van der Waals surface area contributed by atoms with Crippen molar-refractivity contribution in [3.8, 4) is 0 Å². The summed E-state index contributed by atoms with van der Waals surface area (Å²) in [5.74, 6) is 0.0454. The first-order valence-electron chi connectivity index (χ1n) is 9.15. The Hall–Kier alpha value is -1.11. The molecule has 146 valence electrons. The first-order valence-corrected chi connectivity index (χ1v) is 10.6. The van der Waals surface area contributed by atoms with Gasteiger partial charge in [0.15, 0.2) is 14.6 Å². The van der Waals surface area contributed by atoms with Gasteiger partial charge in [0.05, 0.1) is 4.90 Å². The third kappa shape index (κ3) is 3.64. The van der Waals surface area contributed by atoms with Crippen LogP contribution in [0.2, 0.25) is 0 Å². The van der Waals surface area contributed by atoms with Crippen LogP contribution in [-0.2, 0) is 14.6 Å². The molecule has 3 rings (SSSR count). The molecule has 0 aromatic heterocycles. The molecule has 0 bridgehead atoms. The highest BCUT2D eigenvalue weighted by Crippen LogP contribution is 2.42. The molecule has 3 N–H and O–H groups in total. The SMILES string of the molecule is Cc1ccc(C)c(S(=O)(=O)C2(C(=O)NC(CN)C3CC3)CCCC2)c1.Cl. The van der Waals surface area contributed by atoms with Gasteiger partial charge in [0.1, 0.15) is 0 Å². The topological polar surface area (TPSA) is 89.3 Å². The van der Waals surface area contributed by atoms with E-state index >= 15 is 0 Å². The second kappa shape index (κ2) is 7.87. The molecule has 0 heterocycles. The molecule has 0 aliphatic heterocycles. The number of hydrogen-bond donors (Lipinski definition) is 2. The van der Waals surface area contributed by atoms with Crippen molar-refractivity contribution in [2.75, 3.05) is 6.54 Å². The van der Waals surface area contributed by atoms with Crippen molar-refractivity contribution in [1.82, 2.24) is 5.32 Å². The van der Waals surface area contributed by atoms with E-state index in [1.807, 2.05) is 19.1 Å². The van der Waals surface area contributed by atoms with E-state index in [-0.39, 0.29) is 24.4 Å². The Morgan fingerprint density at radius 2 is 1.88 bits per heavy atom. The van der Waals surface area contributed by atoms with Crippen LogP contribution in [0.15, 0.2) is 23.1 Å². The standard InChI is InChI=1S/C19H28N2O3S.ClH/c1-13-5-6-14(2)17(11-13)25(23,24)19(9-3-4-10-19)18(22)21-16(12-20)15-7-8-15;/h5-6,11,15-16H,3-4,7-10,12,20H2,1-2H3,(H,21,22);1H. The van der Waals surface area contributed by atoms with E-state index in [4.69, 9.17) is 5.73 Å². The Morgan fingerprint density at radius 1 is 1.27 bits per heavy atom. The van der Waals surface area contributed by atoms with Gasteiger partial charge in [-0.2, -0.15) is 0 Å². The van der Waals surface area contributed by atoms with E-state index < -0.39 is 14.6 Å². The second-order valence-corrected chi connectivity index (χ2v) is 9.86. The molecule has 2 aliphatic rings. The summed E-state index contributed by atoms with van der Waals surface area (Å²) in [6.45, 7) is 4.02. The third-order valence-corrected chi connectivity index (χ3v) is 8.38. The van der Waals surface area contributed by atoms with Crippen molar-refractivity contribution < 1.29 is 13.2 Å². The maximum Gasteiger partial charge on any atom is 0.242 e. The molecule has 5 nitrogen and oxygen atoms in total. The lowest BCUT2D eigenvalue weighted by Crippen LogP contribution is -2.55. The van der Waals surface area contributed by atoms with Crippen molar-refractivity contribution in [1.29, 1.82) is 0 Å². The summed E-state index contributed by atoms with van der Waals surface area (Å²) in [6.07, 6.45) is 4.40. The first-order chi connectivity index (χ1) is 11.8. The van der Waals surface area contributed by atoms with Crippen LogP contribution in [-0.4, -0.2) is 31.7 Å². The molecular formula is C19H29ClN2O3S. The quantitative estimate of drug-likeness (QED) is 0.768. The highest BCUT2D eigenvalue weighted by Gasteiger charge is 2.54. The Balaban J connectivity index is 0.00000243. The number of nitrogens with one attached hydrogen (secondary N) is 1. The first kappa shape index (κ1) is 21.2. The van der Waals surface area contributed by atoms with Crippen molar-refractivity contribution in [2.24, 2.45) is 11.7 Å². The minimum absolute atomic E-state index is 0. The fourth-order valence-corrected chi connectivity index (χ4v) is 6.32.